The summed E-state index contributed by atoms with van der Waals surface area (Å²) >= 11 is 18.3. The van der Waals surface area contributed by atoms with Crippen LogP contribution in [0.4, 0.5) is 18.9 Å². The molecule has 0 radical (unpaired) electrons. The number of anilines is 1. The summed E-state index contributed by atoms with van der Waals surface area (Å²) in [7, 11) is -4.47. The fraction of sp³-hybridized carbons (Fsp3) is 0.143. The lowest BCUT2D eigenvalue weighted by atomic mass is 10.2. The minimum Gasteiger partial charge on any atom is -0.316 e. The van der Waals surface area contributed by atoms with Crippen LogP contribution in [0.2, 0.25) is 15.1 Å². The predicted molar refractivity (Wildman–Crippen MR) is 158 cm³/mol. The quantitative estimate of drug-likeness (QED) is 0.158. The minimum atomic E-state index is -4.86. The zero-order chi connectivity index (χ0) is 30.8. The highest BCUT2D eigenvalue weighted by atomic mass is 35.5. The summed E-state index contributed by atoms with van der Waals surface area (Å²) < 4.78 is 70.0. The van der Waals surface area contributed by atoms with Gasteiger partial charge in [-0.1, -0.05) is 59.1 Å². The van der Waals surface area contributed by atoms with Gasteiger partial charge in [0.25, 0.3) is 15.9 Å². The van der Waals surface area contributed by atoms with Gasteiger partial charge in [-0.15, -0.1) is 0 Å². The van der Waals surface area contributed by atoms with Crippen molar-refractivity contribution >= 4 is 62.6 Å². The number of nitrogens with zero attached hydrogens (tertiary/aromatic N) is 3. The molecule has 4 rings (SSSR count). The molecule has 3 aromatic carbocycles. The van der Waals surface area contributed by atoms with Gasteiger partial charge in [0.1, 0.15) is 6.54 Å². The van der Waals surface area contributed by atoms with Crippen LogP contribution < -0.4 is 9.73 Å². The molecule has 7 nitrogen and oxygen atoms in total. The number of rotatable bonds is 8. The van der Waals surface area contributed by atoms with Crippen molar-refractivity contribution in [2.24, 2.45) is 5.10 Å². The Hall–Kier alpha value is -3.51. The van der Waals surface area contributed by atoms with Gasteiger partial charge in [-0.25, -0.2) is 13.8 Å². The Bertz CT molecular complexity index is 1780. The maximum Gasteiger partial charge on any atom is 0.417 e. The van der Waals surface area contributed by atoms with Gasteiger partial charge in [0.05, 0.1) is 43.1 Å². The standard InChI is InChI=1S/C28H22Cl3F3N4O3S/c1-17-13-19(18(2)38(17)25-10-6-9-24(30)27(25)31)15-35-36-26(39)16-37(42(40,41)21-7-4-3-5-8-21)20-11-12-23(29)22(14-20)28(32,33)34/h3-15H,16H2,1-2H3,(H,36,39)/b35-15+. The molecule has 0 unspecified atom stereocenters. The number of halogens is 6. The molecule has 0 saturated heterocycles. The van der Waals surface area contributed by atoms with Crippen molar-refractivity contribution < 1.29 is 26.4 Å². The first-order valence-electron chi connectivity index (χ1n) is 12.1. The largest absolute Gasteiger partial charge is 0.417 e. The fourth-order valence-electron chi connectivity index (χ4n) is 4.21. The summed E-state index contributed by atoms with van der Waals surface area (Å²) in [5.41, 5.74) is 3.38. The highest BCUT2D eigenvalue weighted by molar-refractivity contribution is 7.92. The van der Waals surface area contributed by atoms with E-state index in [0.29, 0.717) is 31.7 Å². The Morgan fingerprint density at radius 1 is 0.976 bits per heavy atom. The van der Waals surface area contributed by atoms with Gasteiger partial charge in [-0.2, -0.15) is 18.3 Å². The molecule has 14 heteroatoms. The maximum absolute atomic E-state index is 13.5. The number of sulfonamides is 1. The number of alkyl halides is 3. The first-order chi connectivity index (χ1) is 19.7. The maximum atomic E-state index is 13.5. The molecule has 0 aliphatic rings. The topological polar surface area (TPSA) is 83.8 Å². The smallest absolute Gasteiger partial charge is 0.316 e. The molecule has 0 spiro atoms. The molecule has 0 aliphatic heterocycles. The number of carbonyl (C=O) groups is 1. The van der Waals surface area contributed by atoms with Gasteiger partial charge >= 0.3 is 6.18 Å². The zero-order valence-corrected chi connectivity index (χ0v) is 25.0. The van der Waals surface area contributed by atoms with Crippen molar-refractivity contribution in [2.75, 3.05) is 10.8 Å². The average molecular weight is 658 g/mol. The van der Waals surface area contributed by atoms with E-state index in [9.17, 15) is 26.4 Å². The summed E-state index contributed by atoms with van der Waals surface area (Å²) in [5, 5.41) is 4.06. The van der Waals surface area contributed by atoms with Crippen molar-refractivity contribution in [1.82, 2.24) is 9.99 Å². The van der Waals surface area contributed by atoms with Gasteiger partial charge in [-0.05, 0) is 62.4 Å². The number of hydrazone groups is 1. The molecular weight excluding hydrogens is 636 g/mol. The summed E-state index contributed by atoms with van der Waals surface area (Å²) in [4.78, 5) is 12.7. The van der Waals surface area contributed by atoms with E-state index < -0.39 is 44.9 Å². The molecule has 0 fully saturated rings. The van der Waals surface area contributed by atoms with Crippen molar-refractivity contribution in [3.63, 3.8) is 0 Å². The van der Waals surface area contributed by atoms with E-state index in [1.54, 1.807) is 37.3 Å². The third kappa shape index (κ3) is 6.59. The van der Waals surface area contributed by atoms with Gasteiger partial charge < -0.3 is 4.57 Å². The molecule has 1 aromatic heterocycles. The van der Waals surface area contributed by atoms with Crippen LogP contribution in [0.3, 0.4) is 0 Å². The van der Waals surface area contributed by atoms with Gasteiger partial charge in [0.15, 0.2) is 0 Å². The Kier molecular flexibility index (Phi) is 9.27. The van der Waals surface area contributed by atoms with E-state index in [2.05, 4.69) is 10.5 Å². The van der Waals surface area contributed by atoms with Gasteiger partial charge in [0.2, 0.25) is 0 Å². The number of carbonyl (C=O) groups excluding carboxylic acids is 1. The predicted octanol–water partition coefficient (Wildman–Crippen LogP) is 7.42. The van der Waals surface area contributed by atoms with Crippen molar-refractivity contribution in [1.29, 1.82) is 0 Å². The SMILES string of the molecule is Cc1cc(/C=N/NC(=O)CN(c2ccc(Cl)c(C(F)(F)F)c2)S(=O)(=O)c2ccccc2)c(C)n1-c1cccc(Cl)c1Cl. The second-order valence-electron chi connectivity index (χ2n) is 9.01. The fourth-order valence-corrected chi connectivity index (χ4v) is 6.25. The summed E-state index contributed by atoms with van der Waals surface area (Å²) in [6.45, 7) is 2.78. The second kappa shape index (κ2) is 12.4. The number of amides is 1. The lowest BCUT2D eigenvalue weighted by molar-refractivity contribution is -0.137. The molecule has 220 valence electrons. The minimum absolute atomic E-state index is 0.225. The monoisotopic (exact) mass is 656 g/mol. The van der Waals surface area contributed by atoms with Crippen LogP contribution in [0.5, 0.6) is 0 Å². The third-order valence-corrected chi connectivity index (χ3v) is 9.12. The average Bonchev–Trinajstić information content (AvgIpc) is 3.21. The molecule has 42 heavy (non-hydrogen) atoms. The Morgan fingerprint density at radius 3 is 2.33 bits per heavy atom. The summed E-state index contributed by atoms with van der Waals surface area (Å²) in [6.07, 6.45) is -3.50. The Labute approximate surface area is 255 Å². The normalized spacial score (nSPS) is 12.1. The lowest BCUT2D eigenvalue weighted by Gasteiger charge is -2.24. The molecule has 1 amide bonds. The second-order valence-corrected chi connectivity index (χ2v) is 12.1. The first-order valence-corrected chi connectivity index (χ1v) is 14.7. The van der Waals surface area contributed by atoms with Crippen molar-refractivity contribution in [2.45, 2.75) is 24.9 Å². The molecule has 0 saturated carbocycles. The number of benzene rings is 3. The van der Waals surface area contributed by atoms with Crippen molar-refractivity contribution in [3.8, 4) is 5.69 Å². The third-order valence-electron chi connectivity index (χ3n) is 6.20. The van der Waals surface area contributed by atoms with E-state index in [1.807, 2.05) is 11.5 Å². The Morgan fingerprint density at radius 2 is 1.67 bits per heavy atom. The molecule has 0 atom stereocenters. The molecule has 1 heterocycles. The van der Waals surface area contributed by atoms with Crippen LogP contribution in [-0.4, -0.2) is 31.7 Å². The number of aryl methyl sites for hydroxylation is 1. The van der Waals surface area contributed by atoms with Crippen LogP contribution in [0, 0.1) is 13.8 Å². The van der Waals surface area contributed by atoms with Crippen molar-refractivity contribution in [3.05, 3.63) is 110 Å². The van der Waals surface area contributed by atoms with E-state index in [1.165, 1.54) is 30.5 Å². The van der Waals surface area contributed by atoms with E-state index >= 15 is 0 Å². The van der Waals surface area contributed by atoms with Crippen LogP contribution in [0.25, 0.3) is 5.69 Å². The molecule has 1 N–H and O–H groups in total. The van der Waals surface area contributed by atoms with Crippen LogP contribution in [-0.2, 0) is 21.0 Å². The first kappa shape index (κ1) is 31.4. The van der Waals surface area contributed by atoms with Gasteiger partial charge in [-0.3, -0.25) is 9.10 Å². The summed E-state index contributed by atoms with van der Waals surface area (Å²) in [5.74, 6) is -0.902. The lowest BCUT2D eigenvalue weighted by Crippen LogP contribution is -2.39. The summed E-state index contributed by atoms with van der Waals surface area (Å²) in [6, 6.07) is 16.6. The number of hydrogen-bond donors (Lipinski definition) is 1. The van der Waals surface area contributed by atoms with E-state index in [4.69, 9.17) is 34.8 Å². The molecule has 4 aromatic rings. The zero-order valence-electron chi connectivity index (χ0n) is 22.0. The van der Waals surface area contributed by atoms with Crippen LogP contribution in [0.15, 0.2) is 82.8 Å². The van der Waals surface area contributed by atoms with Crippen LogP contribution >= 0.6 is 34.8 Å². The number of nitrogens with one attached hydrogen (secondary N) is 1. The Balaban J connectivity index is 1.62. The van der Waals surface area contributed by atoms with Gasteiger partial charge in [0, 0.05) is 17.0 Å². The number of aromatic nitrogens is 1. The highest BCUT2D eigenvalue weighted by Crippen LogP contribution is 2.38. The number of hydrogen-bond acceptors (Lipinski definition) is 4. The molecule has 0 bridgehead atoms. The highest BCUT2D eigenvalue weighted by Gasteiger charge is 2.35. The van der Waals surface area contributed by atoms with E-state index in [-0.39, 0.29) is 4.90 Å². The molecule has 0 aliphatic carbocycles. The molecular formula is C28H22Cl3F3N4O3S. The van der Waals surface area contributed by atoms with Crippen LogP contribution in [0.1, 0.15) is 22.5 Å². The van der Waals surface area contributed by atoms with E-state index in [0.717, 1.165) is 23.5 Å².